The minimum Gasteiger partial charge on any atom is -0.458 e. The summed E-state index contributed by atoms with van der Waals surface area (Å²) in [6.07, 6.45) is 9.52. The highest BCUT2D eigenvalue weighted by Gasteiger charge is 2.70. The number of ether oxygens (including phenoxy) is 1. The van der Waals surface area contributed by atoms with Crippen molar-refractivity contribution in [2.75, 3.05) is 6.61 Å². The van der Waals surface area contributed by atoms with Gasteiger partial charge in [-0.25, -0.2) is 0 Å². The van der Waals surface area contributed by atoms with Gasteiger partial charge in [0.25, 0.3) is 0 Å². The second-order valence-corrected chi connectivity index (χ2v) is 9.81. The summed E-state index contributed by atoms with van der Waals surface area (Å²) in [5.74, 6) is -2.16. The molecule has 2 fully saturated rings. The highest BCUT2D eigenvalue weighted by atomic mass is 16.5. The van der Waals surface area contributed by atoms with Crippen molar-refractivity contribution in [1.29, 1.82) is 0 Å². The Kier molecular flexibility index (Phi) is 4.59. The first kappa shape index (κ1) is 20.9. The summed E-state index contributed by atoms with van der Waals surface area (Å²) in [7, 11) is 0. The van der Waals surface area contributed by atoms with Gasteiger partial charge in [0.1, 0.15) is 11.4 Å². The normalized spacial score (nSPS) is 44.1. The molecule has 30 heavy (non-hydrogen) atoms. The maximum absolute atomic E-state index is 13.5. The van der Waals surface area contributed by atoms with Crippen molar-refractivity contribution in [3.8, 4) is 0 Å². The predicted octanol–water partition coefficient (Wildman–Crippen LogP) is 2.36. The number of carbonyl (C=O) groups is 4. The Hall–Kier alpha value is -2.34. The summed E-state index contributed by atoms with van der Waals surface area (Å²) in [6.45, 7) is 6.36. The smallest absolute Gasteiger partial charge is 0.303 e. The molecule has 0 aliphatic heterocycles. The van der Waals surface area contributed by atoms with Gasteiger partial charge in [-0.3, -0.25) is 19.2 Å². The van der Waals surface area contributed by atoms with Gasteiger partial charge >= 0.3 is 5.97 Å². The van der Waals surface area contributed by atoms with E-state index in [1.54, 1.807) is 6.08 Å². The Morgan fingerprint density at radius 3 is 2.60 bits per heavy atom. The summed E-state index contributed by atoms with van der Waals surface area (Å²) in [6, 6.07) is 0. The number of hydrogen-bond donors (Lipinski definition) is 1. The van der Waals surface area contributed by atoms with E-state index in [0.29, 0.717) is 6.42 Å². The zero-order chi connectivity index (χ0) is 22.1. The molecule has 7 atom stereocenters. The van der Waals surface area contributed by atoms with Gasteiger partial charge in [0.15, 0.2) is 12.4 Å². The molecule has 0 radical (unpaired) electrons. The lowest BCUT2D eigenvalue weighted by molar-refractivity contribution is -0.174. The lowest BCUT2D eigenvalue weighted by Gasteiger charge is -2.55. The maximum atomic E-state index is 13.5. The van der Waals surface area contributed by atoms with Crippen LogP contribution in [0, 0.1) is 34.5 Å². The first-order chi connectivity index (χ1) is 13.9. The molecule has 6 nitrogen and oxygen atoms in total. The van der Waals surface area contributed by atoms with Crippen molar-refractivity contribution >= 4 is 23.3 Å². The lowest BCUT2D eigenvalue weighted by Crippen LogP contribution is -2.61. The molecular weight excluding hydrogens is 384 g/mol. The van der Waals surface area contributed by atoms with Crippen LogP contribution in [-0.2, 0) is 23.9 Å². The molecule has 0 aromatic carbocycles. The number of ketones is 3. The summed E-state index contributed by atoms with van der Waals surface area (Å²) in [5, 5.41) is 11.6. The van der Waals surface area contributed by atoms with Crippen LogP contribution in [0.5, 0.6) is 0 Å². The molecule has 0 saturated heterocycles. The number of hydrogen-bond acceptors (Lipinski definition) is 6. The Labute approximate surface area is 176 Å². The average Bonchev–Trinajstić information content (AvgIpc) is 2.87. The van der Waals surface area contributed by atoms with Crippen LogP contribution in [0.15, 0.2) is 36.0 Å². The van der Waals surface area contributed by atoms with E-state index in [4.69, 9.17) is 4.74 Å². The molecule has 4 aliphatic carbocycles. The fourth-order valence-corrected chi connectivity index (χ4v) is 6.71. The second-order valence-electron chi connectivity index (χ2n) is 9.81. The van der Waals surface area contributed by atoms with Gasteiger partial charge in [0.2, 0.25) is 5.78 Å². The SMILES string of the molecule is CC(=O)OCC(=O)[C@@]1(O)[C@@H](C)C[C@H]2[C@@H]3C=CC4=CC(=O)C=C[C@]4(C)[C@H]3C(=O)C[C@@]21C. The third-order valence-electron chi connectivity index (χ3n) is 8.24. The third-order valence-corrected chi connectivity index (χ3v) is 8.24. The minimum atomic E-state index is -1.74. The minimum absolute atomic E-state index is 0.0108. The monoisotopic (exact) mass is 412 g/mol. The summed E-state index contributed by atoms with van der Waals surface area (Å²) in [5.41, 5.74) is -2.42. The molecule has 0 aromatic heterocycles. The Bertz CT molecular complexity index is 941. The fourth-order valence-electron chi connectivity index (χ4n) is 6.71. The first-order valence-corrected chi connectivity index (χ1v) is 10.5. The number of allylic oxidation sites excluding steroid dienone is 6. The Balaban J connectivity index is 1.75. The molecule has 0 unspecified atom stereocenters. The Morgan fingerprint density at radius 1 is 1.23 bits per heavy atom. The van der Waals surface area contributed by atoms with Crippen molar-refractivity contribution < 1.29 is 29.0 Å². The van der Waals surface area contributed by atoms with Crippen LogP contribution in [0.1, 0.15) is 40.5 Å². The first-order valence-electron chi connectivity index (χ1n) is 10.5. The van der Waals surface area contributed by atoms with Crippen LogP contribution < -0.4 is 0 Å². The highest BCUT2D eigenvalue weighted by molar-refractivity contribution is 6.02. The van der Waals surface area contributed by atoms with Gasteiger partial charge in [0.05, 0.1) is 0 Å². The number of aliphatic hydroxyl groups is 1. The molecule has 0 bridgehead atoms. The van der Waals surface area contributed by atoms with Crippen molar-refractivity contribution in [3.63, 3.8) is 0 Å². The van der Waals surface area contributed by atoms with E-state index in [0.717, 1.165) is 5.57 Å². The van der Waals surface area contributed by atoms with Gasteiger partial charge in [0, 0.05) is 30.1 Å². The molecular formula is C24H28O6. The number of Topliss-reactive ketones (excluding diaryl/α,β-unsaturated/α-hetero) is 2. The number of rotatable bonds is 3. The topological polar surface area (TPSA) is 97.7 Å². The average molecular weight is 412 g/mol. The maximum Gasteiger partial charge on any atom is 0.303 e. The third kappa shape index (κ3) is 2.59. The number of esters is 1. The van der Waals surface area contributed by atoms with Crippen LogP contribution >= 0.6 is 0 Å². The zero-order valence-corrected chi connectivity index (χ0v) is 17.8. The van der Waals surface area contributed by atoms with Gasteiger partial charge in [-0.05, 0) is 41.9 Å². The van der Waals surface area contributed by atoms with Crippen LogP contribution in [0.3, 0.4) is 0 Å². The fraction of sp³-hybridized carbons (Fsp3) is 0.583. The van der Waals surface area contributed by atoms with Crippen LogP contribution in [-0.4, -0.2) is 40.6 Å². The Morgan fingerprint density at radius 2 is 1.93 bits per heavy atom. The molecule has 0 spiro atoms. The molecule has 160 valence electrons. The molecule has 2 saturated carbocycles. The van der Waals surface area contributed by atoms with Gasteiger partial charge in [-0.2, -0.15) is 0 Å². The van der Waals surface area contributed by atoms with E-state index in [9.17, 15) is 24.3 Å². The van der Waals surface area contributed by atoms with Crippen molar-refractivity contribution in [3.05, 3.63) is 36.0 Å². The highest BCUT2D eigenvalue weighted by Crippen LogP contribution is 2.66. The molecule has 0 heterocycles. The number of carbonyl (C=O) groups excluding carboxylic acids is 4. The van der Waals surface area contributed by atoms with Crippen LogP contribution in [0.2, 0.25) is 0 Å². The summed E-state index contributed by atoms with van der Waals surface area (Å²) >= 11 is 0. The molecule has 4 rings (SSSR count). The molecule has 1 N–H and O–H groups in total. The van der Waals surface area contributed by atoms with E-state index in [-0.39, 0.29) is 41.7 Å². The molecule has 0 amide bonds. The van der Waals surface area contributed by atoms with Gasteiger partial charge in [-0.15, -0.1) is 0 Å². The van der Waals surface area contributed by atoms with Gasteiger partial charge in [-0.1, -0.05) is 39.0 Å². The lowest BCUT2D eigenvalue weighted by atomic mass is 9.48. The molecule has 6 heteroatoms. The van der Waals surface area contributed by atoms with Crippen molar-refractivity contribution in [2.45, 2.75) is 46.1 Å². The largest absolute Gasteiger partial charge is 0.458 e. The van der Waals surface area contributed by atoms with Crippen molar-refractivity contribution in [2.24, 2.45) is 34.5 Å². The van der Waals surface area contributed by atoms with Crippen LogP contribution in [0.25, 0.3) is 0 Å². The predicted molar refractivity (Wildman–Crippen MR) is 108 cm³/mol. The number of fused-ring (bicyclic) bond motifs is 5. The molecule has 0 aromatic rings. The summed E-state index contributed by atoms with van der Waals surface area (Å²) in [4.78, 5) is 49.6. The van der Waals surface area contributed by atoms with Crippen molar-refractivity contribution in [1.82, 2.24) is 0 Å². The summed E-state index contributed by atoms with van der Waals surface area (Å²) < 4.78 is 4.89. The molecule has 4 aliphatic rings. The van der Waals surface area contributed by atoms with E-state index < -0.39 is 34.8 Å². The second kappa shape index (κ2) is 6.58. The quantitative estimate of drug-likeness (QED) is 0.715. The van der Waals surface area contributed by atoms with E-state index in [2.05, 4.69) is 0 Å². The van der Waals surface area contributed by atoms with Gasteiger partial charge < -0.3 is 9.84 Å². The van der Waals surface area contributed by atoms with E-state index in [1.165, 1.54) is 13.0 Å². The van der Waals surface area contributed by atoms with E-state index in [1.807, 2.05) is 39.0 Å². The zero-order valence-electron chi connectivity index (χ0n) is 17.8. The standard InChI is InChI=1S/C24H28O6/c1-13-9-18-17-6-5-15-10-16(26)7-8-22(15,3)21(17)19(27)11-23(18,4)24(13,29)20(28)12-30-14(2)25/h5-8,10,13,17-18,21,29H,9,11-12H2,1-4H3/t13-,17-,18-,21+,22-,23-,24-/m0/s1. The van der Waals surface area contributed by atoms with E-state index >= 15 is 0 Å². The van der Waals surface area contributed by atoms with Crippen LogP contribution in [0.4, 0.5) is 0 Å².